The molecule has 0 unspecified atom stereocenters. The van der Waals surface area contributed by atoms with Crippen molar-refractivity contribution in [2.45, 2.75) is 12.6 Å². The maximum Gasteiger partial charge on any atom is 0.420 e. The van der Waals surface area contributed by atoms with Gasteiger partial charge in [0.05, 0.1) is 6.42 Å². The number of alkyl halides is 3. The molecule has 80 valence electrons. The lowest BCUT2D eigenvalue weighted by Gasteiger charge is -2.12. The minimum Gasteiger partial charge on any atom is -0.507 e. The van der Waals surface area contributed by atoms with Crippen molar-refractivity contribution < 1.29 is 23.1 Å². The first kappa shape index (κ1) is 9.82. The monoisotopic (exact) mass is 217 g/mol. The highest BCUT2D eigenvalue weighted by molar-refractivity contribution is 6.00. The fourth-order valence-corrected chi connectivity index (χ4v) is 1.61. The van der Waals surface area contributed by atoms with Crippen molar-refractivity contribution >= 4 is 11.6 Å². The van der Waals surface area contributed by atoms with E-state index in [-0.39, 0.29) is 17.7 Å². The number of phenolic OH excluding ortho intramolecular Hbond substituents is 1. The molecule has 0 aliphatic carbocycles. The molecule has 15 heavy (non-hydrogen) atoms. The van der Waals surface area contributed by atoms with Crippen molar-refractivity contribution in [3.8, 4) is 5.75 Å². The summed E-state index contributed by atoms with van der Waals surface area (Å²) >= 11 is 0. The van der Waals surface area contributed by atoms with E-state index in [2.05, 4.69) is 5.32 Å². The van der Waals surface area contributed by atoms with E-state index in [0.29, 0.717) is 0 Å². The molecule has 0 fully saturated rings. The van der Waals surface area contributed by atoms with E-state index in [1.54, 1.807) is 0 Å². The van der Waals surface area contributed by atoms with Gasteiger partial charge in [-0.15, -0.1) is 0 Å². The van der Waals surface area contributed by atoms with Crippen LogP contribution in [0.2, 0.25) is 0 Å². The van der Waals surface area contributed by atoms with E-state index in [9.17, 15) is 18.0 Å². The molecule has 6 heteroatoms. The van der Waals surface area contributed by atoms with Crippen molar-refractivity contribution in [1.82, 2.24) is 0 Å². The van der Waals surface area contributed by atoms with Gasteiger partial charge in [-0.1, -0.05) is 0 Å². The van der Waals surface area contributed by atoms with E-state index in [1.807, 2.05) is 0 Å². The fraction of sp³-hybridized carbons (Fsp3) is 0.222. The van der Waals surface area contributed by atoms with Gasteiger partial charge >= 0.3 is 6.18 Å². The molecular weight excluding hydrogens is 211 g/mol. The summed E-state index contributed by atoms with van der Waals surface area (Å²) in [6, 6.07) is 2.18. The molecule has 1 aromatic carbocycles. The van der Waals surface area contributed by atoms with Gasteiger partial charge in [0, 0.05) is 11.3 Å². The van der Waals surface area contributed by atoms with E-state index in [1.165, 1.54) is 6.07 Å². The Bertz CT molecular complexity index is 440. The molecule has 3 nitrogen and oxygen atoms in total. The second-order valence-electron chi connectivity index (χ2n) is 3.21. The topological polar surface area (TPSA) is 49.3 Å². The molecule has 1 aliphatic heterocycles. The minimum absolute atomic E-state index is 0.116. The SMILES string of the molecule is O=C1Cc2c(ccc(O)c2C(F)(F)F)N1. The van der Waals surface area contributed by atoms with E-state index in [0.717, 1.165) is 6.07 Å². The third kappa shape index (κ3) is 1.51. The summed E-state index contributed by atoms with van der Waals surface area (Å²) in [5.41, 5.74) is -1.20. The number of halogens is 3. The lowest BCUT2D eigenvalue weighted by atomic mass is 10.0. The summed E-state index contributed by atoms with van der Waals surface area (Å²) in [5, 5.41) is 11.4. The number of benzene rings is 1. The van der Waals surface area contributed by atoms with Gasteiger partial charge in [0.25, 0.3) is 0 Å². The van der Waals surface area contributed by atoms with Gasteiger partial charge in [0.1, 0.15) is 11.3 Å². The van der Waals surface area contributed by atoms with Crippen molar-refractivity contribution in [3.63, 3.8) is 0 Å². The molecule has 1 aromatic rings. The Kier molecular flexibility index (Phi) is 1.89. The second-order valence-corrected chi connectivity index (χ2v) is 3.21. The summed E-state index contributed by atoms with van der Waals surface area (Å²) in [5.74, 6) is -1.35. The molecule has 0 spiro atoms. The normalized spacial score (nSPS) is 15.0. The van der Waals surface area contributed by atoms with Crippen molar-refractivity contribution in [2.24, 2.45) is 0 Å². The Labute approximate surface area is 82.5 Å². The lowest BCUT2D eigenvalue weighted by Crippen LogP contribution is -2.09. The zero-order chi connectivity index (χ0) is 11.2. The van der Waals surface area contributed by atoms with Crippen LogP contribution in [0.5, 0.6) is 5.75 Å². The molecule has 0 atom stereocenters. The molecular formula is C9H6F3NO2. The van der Waals surface area contributed by atoms with Gasteiger partial charge < -0.3 is 10.4 Å². The molecule has 0 saturated heterocycles. The Balaban J connectivity index is 2.65. The zero-order valence-electron chi connectivity index (χ0n) is 7.35. The summed E-state index contributed by atoms with van der Waals surface area (Å²) in [7, 11) is 0. The maximum absolute atomic E-state index is 12.5. The van der Waals surface area contributed by atoms with Crippen LogP contribution in [0.4, 0.5) is 18.9 Å². The number of carbonyl (C=O) groups excluding carboxylic acids is 1. The van der Waals surface area contributed by atoms with Crippen molar-refractivity contribution in [3.05, 3.63) is 23.3 Å². The zero-order valence-corrected chi connectivity index (χ0v) is 7.35. The van der Waals surface area contributed by atoms with Crippen LogP contribution in [0.15, 0.2) is 12.1 Å². The molecule has 1 aliphatic rings. The van der Waals surface area contributed by atoms with Gasteiger partial charge in [-0.25, -0.2) is 0 Å². The first-order valence-electron chi connectivity index (χ1n) is 4.11. The van der Waals surface area contributed by atoms with Gasteiger partial charge in [-0.3, -0.25) is 4.79 Å². The third-order valence-electron chi connectivity index (χ3n) is 2.19. The number of hydrogen-bond acceptors (Lipinski definition) is 2. The third-order valence-corrected chi connectivity index (χ3v) is 2.19. The Hall–Kier alpha value is -1.72. The highest BCUT2D eigenvalue weighted by Gasteiger charge is 2.39. The molecule has 1 heterocycles. The Morgan fingerprint density at radius 3 is 2.60 bits per heavy atom. The first-order chi connectivity index (χ1) is 6.89. The number of carbonyl (C=O) groups is 1. The molecule has 0 aromatic heterocycles. The summed E-state index contributed by atoms with van der Waals surface area (Å²) in [4.78, 5) is 10.9. The van der Waals surface area contributed by atoms with Crippen LogP contribution in [0.1, 0.15) is 11.1 Å². The van der Waals surface area contributed by atoms with Gasteiger partial charge in [-0.05, 0) is 12.1 Å². The van der Waals surface area contributed by atoms with Crippen LogP contribution in [-0.2, 0) is 17.4 Å². The van der Waals surface area contributed by atoms with E-state index < -0.39 is 23.4 Å². The summed E-state index contributed by atoms with van der Waals surface area (Å²) in [6.07, 6.45) is -5.00. The summed E-state index contributed by atoms with van der Waals surface area (Å²) < 4.78 is 37.6. The minimum atomic E-state index is -4.65. The van der Waals surface area contributed by atoms with Crippen LogP contribution >= 0.6 is 0 Å². The van der Waals surface area contributed by atoms with Gasteiger partial charge in [-0.2, -0.15) is 13.2 Å². The van der Waals surface area contributed by atoms with E-state index >= 15 is 0 Å². The molecule has 0 bridgehead atoms. The van der Waals surface area contributed by atoms with Crippen LogP contribution in [-0.4, -0.2) is 11.0 Å². The fourth-order valence-electron chi connectivity index (χ4n) is 1.61. The van der Waals surface area contributed by atoms with E-state index in [4.69, 9.17) is 5.11 Å². The molecule has 0 saturated carbocycles. The maximum atomic E-state index is 12.5. The number of fused-ring (bicyclic) bond motifs is 1. The molecule has 0 radical (unpaired) electrons. The van der Waals surface area contributed by atoms with Crippen LogP contribution < -0.4 is 5.32 Å². The number of hydrogen-bond donors (Lipinski definition) is 2. The highest BCUT2D eigenvalue weighted by atomic mass is 19.4. The molecule has 2 N–H and O–H groups in total. The Morgan fingerprint density at radius 1 is 1.33 bits per heavy atom. The quantitative estimate of drug-likeness (QED) is 0.652. The molecule has 2 rings (SSSR count). The molecule has 1 amide bonds. The van der Waals surface area contributed by atoms with Gasteiger partial charge in [0.15, 0.2) is 0 Å². The van der Waals surface area contributed by atoms with Crippen LogP contribution in [0.3, 0.4) is 0 Å². The van der Waals surface area contributed by atoms with Crippen molar-refractivity contribution in [2.75, 3.05) is 5.32 Å². The summed E-state index contributed by atoms with van der Waals surface area (Å²) in [6.45, 7) is 0. The lowest BCUT2D eigenvalue weighted by molar-refractivity contribution is -0.139. The van der Waals surface area contributed by atoms with Crippen LogP contribution in [0.25, 0.3) is 0 Å². The standard InChI is InChI=1S/C9H6F3NO2/c10-9(11,12)8-4-3-7(15)13-5(4)1-2-6(8)14/h1-2,14H,3H2,(H,13,15). The van der Waals surface area contributed by atoms with Crippen molar-refractivity contribution in [1.29, 1.82) is 0 Å². The number of amides is 1. The smallest absolute Gasteiger partial charge is 0.420 e. The largest absolute Gasteiger partial charge is 0.507 e. The number of aromatic hydroxyl groups is 1. The Morgan fingerprint density at radius 2 is 2.00 bits per heavy atom. The average Bonchev–Trinajstić information content (AvgIpc) is 2.41. The number of anilines is 1. The first-order valence-corrected chi connectivity index (χ1v) is 4.11. The predicted octanol–water partition coefficient (Wildman–Crippen LogP) is 1.91. The number of nitrogens with one attached hydrogen (secondary N) is 1. The van der Waals surface area contributed by atoms with Crippen LogP contribution in [0, 0.1) is 0 Å². The van der Waals surface area contributed by atoms with Gasteiger partial charge in [0.2, 0.25) is 5.91 Å². The predicted molar refractivity (Wildman–Crippen MR) is 45.4 cm³/mol. The highest BCUT2D eigenvalue weighted by Crippen LogP contribution is 2.42. The number of phenols is 1. The second kappa shape index (κ2) is 2.88. The average molecular weight is 217 g/mol. The number of rotatable bonds is 0.